The molecule has 0 radical (unpaired) electrons. The van der Waals surface area contributed by atoms with Gasteiger partial charge in [-0.3, -0.25) is 14.0 Å². The lowest BCUT2D eigenvalue weighted by atomic mass is 10.00. The summed E-state index contributed by atoms with van der Waals surface area (Å²) in [6, 6.07) is 0.978. The average Bonchev–Trinajstić information content (AvgIpc) is 3.20. The van der Waals surface area contributed by atoms with Crippen LogP contribution in [-0.2, 0) is 0 Å². The smallest absolute Gasteiger partial charge is 0.271 e. The predicted octanol–water partition coefficient (Wildman–Crippen LogP) is 3.32. The van der Waals surface area contributed by atoms with Crippen LogP contribution in [0, 0.1) is 11.7 Å². The lowest BCUT2D eigenvalue weighted by molar-refractivity contribution is 0.371. The van der Waals surface area contributed by atoms with Crippen molar-refractivity contribution in [3.05, 3.63) is 50.8 Å². The van der Waals surface area contributed by atoms with Crippen molar-refractivity contribution in [3.63, 3.8) is 0 Å². The number of anilines is 1. The van der Waals surface area contributed by atoms with E-state index < -0.39 is 22.8 Å². The molecule has 9 nitrogen and oxygen atoms in total. The average molecular weight is 508 g/mol. The van der Waals surface area contributed by atoms with E-state index in [2.05, 4.69) is 9.36 Å². The topological polar surface area (TPSA) is 119 Å². The fraction of sp³-hybridized carbons (Fsp3) is 0.409. The quantitative estimate of drug-likeness (QED) is 0.425. The van der Waals surface area contributed by atoms with Crippen molar-refractivity contribution in [2.75, 3.05) is 25.1 Å². The van der Waals surface area contributed by atoms with Crippen LogP contribution in [-0.4, -0.2) is 34.1 Å². The van der Waals surface area contributed by atoms with Crippen molar-refractivity contribution < 1.29 is 13.5 Å². The molecule has 1 aliphatic heterocycles. The van der Waals surface area contributed by atoms with Crippen molar-refractivity contribution in [1.82, 2.24) is 13.9 Å². The first-order valence-corrected chi connectivity index (χ1v) is 11.7. The Bertz CT molecular complexity index is 1490. The summed E-state index contributed by atoms with van der Waals surface area (Å²) in [6.07, 6.45) is 5.62. The largest absolute Gasteiger partial charge is 0.492 e. The number of ether oxygens (including phenoxy) is 1. The van der Waals surface area contributed by atoms with Gasteiger partial charge >= 0.3 is 0 Å². The molecule has 2 aliphatic rings. The SMILES string of the molecule is COc1c(N2CC[C@@H](C(N)c3ncco3)C2)c(F)cc2c(=O)c3c(=O)[nH]sc3n(C3CC3)c12.Cl. The molecule has 3 aromatic heterocycles. The number of rotatable bonds is 5. The van der Waals surface area contributed by atoms with Gasteiger partial charge < -0.3 is 24.4 Å². The first-order valence-electron chi connectivity index (χ1n) is 10.8. The molecule has 1 aromatic carbocycles. The number of pyridine rings is 1. The summed E-state index contributed by atoms with van der Waals surface area (Å²) in [7, 11) is 1.48. The second-order valence-corrected chi connectivity index (χ2v) is 9.47. The number of hydrogen-bond acceptors (Lipinski definition) is 8. The number of methoxy groups -OCH3 is 1. The van der Waals surface area contributed by atoms with Crippen LogP contribution >= 0.6 is 23.9 Å². The highest BCUT2D eigenvalue weighted by Crippen LogP contribution is 2.46. The van der Waals surface area contributed by atoms with Crippen molar-refractivity contribution in [1.29, 1.82) is 0 Å². The molecule has 1 unspecified atom stereocenters. The first-order chi connectivity index (χ1) is 16.0. The van der Waals surface area contributed by atoms with Crippen molar-refractivity contribution in [2.45, 2.75) is 31.3 Å². The zero-order chi connectivity index (χ0) is 22.9. The summed E-state index contributed by atoms with van der Waals surface area (Å²) in [5.41, 5.74) is 6.28. The van der Waals surface area contributed by atoms with E-state index in [1.165, 1.54) is 19.4 Å². The first kappa shape index (κ1) is 22.9. The van der Waals surface area contributed by atoms with Crippen LogP contribution in [0.4, 0.5) is 10.1 Å². The van der Waals surface area contributed by atoms with E-state index >= 15 is 4.39 Å². The lowest BCUT2D eigenvalue weighted by Gasteiger charge is -2.25. The number of nitrogens with two attached hydrogens (primary N) is 1. The molecule has 6 rings (SSSR count). The molecule has 4 heterocycles. The number of aromatic amines is 1. The Hall–Kier alpha value is -2.89. The second kappa shape index (κ2) is 8.40. The van der Waals surface area contributed by atoms with Gasteiger partial charge in [-0.2, -0.15) is 0 Å². The molecule has 1 aliphatic carbocycles. The summed E-state index contributed by atoms with van der Waals surface area (Å²) in [5, 5.41) is 0.232. The standard InChI is InChI=1S/C22H22FN5O4S.ClH/c1-31-19-16-12(18(29)14-20(30)26-33-22(14)28(16)11-2-3-11)8-13(23)17(19)27-6-4-10(9-27)15(24)21-25-5-7-32-21;/h5,7-8,10-11,15H,2-4,6,9,24H2,1H3,(H,26,30);1H/t10-,15?;/m1./s1. The number of nitrogens with one attached hydrogen (secondary N) is 1. The van der Waals surface area contributed by atoms with Gasteiger partial charge in [0.2, 0.25) is 11.3 Å². The summed E-state index contributed by atoms with van der Waals surface area (Å²) in [6.45, 7) is 1.07. The summed E-state index contributed by atoms with van der Waals surface area (Å²) in [4.78, 5) is 32.2. The molecule has 0 amide bonds. The van der Waals surface area contributed by atoms with E-state index in [0.717, 1.165) is 30.8 Å². The highest BCUT2D eigenvalue weighted by molar-refractivity contribution is 7.12. The van der Waals surface area contributed by atoms with Crippen LogP contribution in [0.2, 0.25) is 0 Å². The molecule has 4 aromatic rings. The van der Waals surface area contributed by atoms with Gasteiger partial charge in [0.25, 0.3) is 5.56 Å². The van der Waals surface area contributed by atoms with Crippen LogP contribution < -0.4 is 26.4 Å². The zero-order valence-electron chi connectivity index (χ0n) is 18.2. The number of nitrogens with zero attached hydrogens (tertiary/aromatic N) is 3. The van der Waals surface area contributed by atoms with Crippen molar-refractivity contribution in [3.8, 4) is 5.75 Å². The molecule has 0 bridgehead atoms. The molecule has 1 saturated heterocycles. The number of oxazole rings is 1. The Morgan fingerprint density at radius 3 is 2.82 bits per heavy atom. The summed E-state index contributed by atoms with van der Waals surface area (Å²) in [5.74, 6) is 0.226. The van der Waals surface area contributed by atoms with Gasteiger partial charge in [-0.1, -0.05) is 0 Å². The summed E-state index contributed by atoms with van der Waals surface area (Å²) < 4.78 is 31.3. The van der Waals surface area contributed by atoms with E-state index in [1.54, 1.807) is 6.20 Å². The van der Waals surface area contributed by atoms with E-state index in [-0.39, 0.29) is 35.1 Å². The predicted molar refractivity (Wildman–Crippen MR) is 130 cm³/mol. The van der Waals surface area contributed by atoms with Crippen LogP contribution in [0.1, 0.15) is 37.2 Å². The number of benzene rings is 1. The Labute approximate surface area is 202 Å². The number of aromatic nitrogens is 3. The third-order valence-electron chi connectivity index (χ3n) is 6.70. The number of fused-ring (bicyclic) bond motifs is 2. The number of halogens is 2. The maximum Gasteiger partial charge on any atom is 0.271 e. The van der Waals surface area contributed by atoms with Crippen molar-refractivity contribution >= 4 is 50.7 Å². The van der Waals surface area contributed by atoms with Crippen LogP contribution in [0.5, 0.6) is 5.75 Å². The van der Waals surface area contributed by atoms with Crippen LogP contribution in [0.3, 0.4) is 0 Å². The molecule has 2 fully saturated rings. The Kier molecular flexibility index (Phi) is 5.65. The van der Waals surface area contributed by atoms with E-state index in [0.29, 0.717) is 40.8 Å². The zero-order valence-corrected chi connectivity index (χ0v) is 19.9. The molecule has 2 atom stereocenters. The normalized spacial score (nSPS) is 19.0. The third kappa shape index (κ3) is 3.33. The van der Waals surface area contributed by atoms with Crippen LogP contribution in [0.25, 0.3) is 21.1 Å². The van der Waals surface area contributed by atoms with Gasteiger partial charge in [0.05, 0.1) is 30.3 Å². The van der Waals surface area contributed by atoms with Gasteiger partial charge in [-0.15, -0.1) is 12.4 Å². The molecular formula is C22H23ClFN5O4S. The van der Waals surface area contributed by atoms with E-state index in [1.807, 2.05) is 9.47 Å². The summed E-state index contributed by atoms with van der Waals surface area (Å²) >= 11 is 1.13. The molecule has 3 N–H and O–H groups in total. The fourth-order valence-corrected chi connectivity index (χ4v) is 5.89. The minimum absolute atomic E-state index is 0. The number of H-pyrrole nitrogens is 1. The van der Waals surface area contributed by atoms with Crippen molar-refractivity contribution in [2.24, 2.45) is 11.7 Å². The highest BCUT2D eigenvalue weighted by atomic mass is 35.5. The van der Waals surface area contributed by atoms with Gasteiger partial charge in [0, 0.05) is 25.0 Å². The van der Waals surface area contributed by atoms with Crippen LogP contribution in [0.15, 0.2) is 32.5 Å². The maximum absolute atomic E-state index is 15.6. The molecule has 0 spiro atoms. The molecular weight excluding hydrogens is 485 g/mol. The second-order valence-electron chi connectivity index (χ2n) is 8.67. The Morgan fingerprint density at radius 2 is 2.15 bits per heavy atom. The monoisotopic (exact) mass is 507 g/mol. The van der Waals surface area contributed by atoms with E-state index in [4.69, 9.17) is 14.9 Å². The third-order valence-corrected chi connectivity index (χ3v) is 7.58. The maximum atomic E-state index is 15.6. The minimum atomic E-state index is -0.560. The van der Waals surface area contributed by atoms with Gasteiger partial charge in [0.15, 0.2) is 11.6 Å². The number of hydrogen-bond donors (Lipinski definition) is 2. The molecule has 34 heavy (non-hydrogen) atoms. The van der Waals surface area contributed by atoms with Gasteiger partial charge in [-0.25, -0.2) is 9.37 Å². The highest BCUT2D eigenvalue weighted by Gasteiger charge is 2.36. The van der Waals surface area contributed by atoms with E-state index in [9.17, 15) is 9.59 Å². The Balaban J connectivity index is 0.00000241. The Morgan fingerprint density at radius 1 is 1.35 bits per heavy atom. The molecule has 180 valence electrons. The molecule has 12 heteroatoms. The van der Waals surface area contributed by atoms with Gasteiger partial charge in [-0.05, 0) is 36.9 Å². The van der Waals surface area contributed by atoms with Gasteiger partial charge in [0.1, 0.15) is 22.2 Å². The minimum Gasteiger partial charge on any atom is -0.492 e. The lowest BCUT2D eigenvalue weighted by Crippen LogP contribution is -2.27. The molecule has 1 saturated carbocycles. The fourth-order valence-electron chi connectivity index (χ4n) is 4.97.